The first-order chi connectivity index (χ1) is 15.6. The minimum absolute atomic E-state index is 0.0965. The lowest BCUT2D eigenvalue weighted by Gasteiger charge is -2.10. The monoisotopic (exact) mass is 445 g/mol. The van der Waals surface area contributed by atoms with Gasteiger partial charge in [-0.1, -0.05) is 71.9 Å². The van der Waals surface area contributed by atoms with Gasteiger partial charge >= 0.3 is 0 Å². The molecule has 160 valence electrons. The Hall–Kier alpha value is -3.78. The van der Waals surface area contributed by atoms with Crippen LogP contribution < -0.4 is 5.43 Å². The second kappa shape index (κ2) is 10.0. The van der Waals surface area contributed by atoms with E-state index in [1.165, 1.54) is 30.1 Å². The number of carbonyl (C=O) groups is 1. The Balaban J connectivity index is 1.50. The molecule has 0 aliphatic heterocycles. The van der Waals surface area contributed by atoms with E-state index in [1.807, 2.05) is 66.1 Å². The van der Waals surface area contributed by atoms with E-state index in [1.54, 1.807) is 12.1 Å². The number of hydrogen-bond acceptors (Lipinski definition) is 5. The molecule has 0 unspecified atom stereocenters. The highest BCUT2D eigenvalue weighted by Gasteiger charge is 2.17. The molecule has 0 spiro atoms. The third-order valence-corrected chi connectivity index (χ3v) is 5.47. The first-order valence-corrected chi connectivity index (χ1v) is 10.9. The van der Waals surface area contributed by atoms with E-state index in [0.29, 0.717) is 16.5 Å². The molecule has 0 saturated carbocycles. The normalized spacial score (nSPS) is 11.1. The Labute approximate surface area is 189 Å². The molecule has 32 heavy (non-hydrogen) atoms. The summed E-state index contributed by atoms with van der Waals surface area (Å²) in [5.74, 6) is 0.128. The molecule has 0 aliphatic rings. The van der Waals surface area contributed by atoms with Crippen molar-refractivity contribution < 1.29 is 9.18 Å². The van der Waals surface area contributed by atoms with E-state index in [0.717, 1.165) is 16.8 Å². The molecular weight excluding hydrogens is 425 g/mol. The number of benzene rings is 3. The predicted molar refractivity (Wildman–Crippen MR) is 124 cm³/mol. The van der Waals surface area contributed by atoms with E-state index in [4.69, 9.17) is 0 Å². The molecule has 4 rings (SSSR count). The minimum atomic E-state index is -0.361. The first kappa shape index (κ1) is 21.5. The summed E-state index contributed by atoms with van der Waals surface area (Å²) in [7, 11) is 0. The maximum atomic E-state index is 13.2. The summed E-state index contributed by atoms with van der Waals surface area (Å²) in [4.78, 5) is 12.3. The number of amides is 1. The van der Waals surface area contributed by atoms with Gasteiger partial charge in [-0.2, -0.15) is 5.10 Å². The van der Waals surface area contributed by atoms with Gasteiger partial charge in [0.05, 0.1) is 12.0 Å². The Bertz CT molecular complexity index is 1240. The van der Waals surface area contributed by atoms with Crippen LogP contribution in [0.5, 0.6) is 0 Å². The molecule has 4 aromatic rings. The Kier molecular flexibility index (Phi) is 6.72. The quantitative estimate of drug-likeness (QED) is 0.256. The van der Waals surface area contributed by atoms with Gasteiger partial charge in [-0.3, -0.25) is 9.36 Å². The van der Waals surface area contributed by atoms with Crippen molar-refractivity contribution in [3.8, 4) is 17.1 Å². The van der Waals surface area contributed by atoms with E-state index >= 15 is 0 Å². The summed E-state index contributed by atoms with van der Waals surface area (Å²) in [5, 5.41) is 13.2. The Morgan fingerprint density at radius 2 is 1.84 bits per heavy atom. The fourth-order valence-electron chi connectivity index (χ4n) is 2.99. The first-order valence-electron chi connectivity index (χ1n) is 9.88. The molecule has 0 aliphatic carbocycles. The zero-order valence-corrected chi connectivity index (χ0v) is 18.1. The Morgan fingerprint density at radius 1 is 1.06 bits per heavy atom. The van der Waals surface area contributed by atoms with Gasteiger partial charge in [-0.25, -0.2) is 9.82 Å². The summed E-state index contributed by atoms with van der Waals surface area (Å²) in [6.07, 6.45) is 1.40. The molecule has 1 N–H and O–H groups in total. The van der Waals surface area contributed by atoms with Gasteiger partial charge in [-0.15, -0.1) is 10.2 Å². The van der Waals surface area contributed by atoms with Crippen LogP contribution in [0, 0.1) is 12.7 Å². The van der Waals surface area contributed by atoms with Gasteiger partial charge in [-0.05, 0) is 36.8 Å². The molecule has 6 nitrogen and oxygen atoms in total. The second-order valence-corrected chi connectivity index (χ2v) is 7.92. The summed E-state index contributed by atoms with van der Waals surface area (Å²) in [6, 6.07) is 23.8. The number of thioether (sulfide) groups is 1. The average Bonchev–Trinajstić information content (AvgIpc) is 3.23. The third-order valence-electron chi connectivity index (χ3n) is 4.54. The lowest BCUT2D eigenvalue weighted by Crippen LogP contribution is -2.20. The van der Waals surface area contributed by atoms with E-state index in [9.17, 15) is 9.18 Å². The van der Waals surface area contributed by atoms with Crippen molar-refractivity contribution in [3.05, 3.63) is 95.8 Å². The summed E-state index contributed by atoms with van der Waals surface area (Å²) in [5.41, 5.74) is 6.00. The van der Waals surface area contributed by atoms with Crippen LogP contribution in [0.25, 0.3) is 17.1 Å². The number of nitrogens with zero attached hydrogens (tertiary/aromatic N) is 4. The van der Waals surface area contributed by atoms with Crippen molar-refractivity contribution in [2.24, 2.45) is 5.10 Å². The summed E-state index contributed by atoms with van der Waals surface area (Å²) in [6.45, 7) is 2.03. The van der Waals surface area contributed by atoms with Crippen LogP contribution >= 0.6 is 11.8 Å². The Morgan fingerprint density at radius 3 is 2.59 bits per heavy atom. The largest absolute Gasteiger partial charge is 0.272 e. The smallest absolute Gasteiger partial charge is 0.250 e. The van der Waals surface area contributed by atoms with Crippen LogP contribution in [0.3, 0.4) is 0 Å². The highest BCUT2D eigenvalue weighted by molar-refractivity contribution is 7.99. The van der Waals surface area contributed by atoms with Gasteiger partial charge in [0.15, 0.2) is 11.0 Å². The molecule has 1 amide bonds. The van der Waals surface area contributed by atoms with Gasteiger partial charge < -0.3 is 0 Å². The molecule has 0 saturated heterocycles. The van der Waals surface area contributed by atoms with Gasteiger partial charge in [0.1, 0.15) is 5.82 Å². The van der Waals surface area contributed by atoms with Crippen LogP contribution in [-0.2, 0) is 4.79 Å². The second-order valence-electron chi connectivity index (χ2n) is 6.98. The topological polar surface area (TPSA) is 72.2 Å². The number of aryl methyl sites for hydroxylation is 1. The molecular formula is C24H20FN5OS. The van der Waals surface area contributed by atoms with E-state index in [2.05, 4.69) is 20.7 Å². The van der Waals surface area contributed by atoms with Crippen molar-refractivity contribution in [2.75, 3.05) is 5.75 Å². The molecule has 8 heteroatoms. The van der Waals surface area contributed by atoms with Gasteiger partial charge in [0.25, 0.3) is 5.91 Å². The number of aromatic nitrogens is 3. The van der Waals surface area contributed by atoms with Crippen molar-refractivity contribution in [3.63, 3.8) is 0 Å². The summed E-state index contributed by atoms with van der Waals surface area (Å²) < 4.78 is 15.2. The molecule has 0 radical (unpaired) electrons. The van der Waals surface area contributed by atoms with E-state index < -0.39 is 0 Å². The number of rotatable bonds is 7. The van der Waals surface area contributed by atoms with E-state index in [-0.39, 0.29) is 17.5 Å². The number of halogens is 1. The highest BCUT2D eigenvalue weighted by Crippen LogP contribution is 2.28. The number of hydrogen-bond donors (Lipinski definition) is 1. The number of hydrazone groups is 1. The predicted octanol–water partition coefficient (Wildman–Crippen LogP) is 4.62. The highest BCUT2D eigenvalue weighted by atomic mass is 32.2. The molecule has 0 atom stereocenters. The minimum Gasteiger partial charge on any atom is -0.272 e. The maximum absolute atomic E-state index is 13.2. The molecule has 1 aromatic heterocycles. The fraction of sp³-hybridized carbons (Fsp3) is 0.0833. The summed E-state index contributed by atoms with van der Waals surface area (Å²) >= 11 is 1.26. The average molecular weight is 446 g/mol. The van der Waals surface area contributed by atoms with Crippen LogP contribution in [0.2, 0.25) is 0 Å². The number of nitrogens with one attached hydrogen (secondary N) is 1. The maximum Gasteiger partial charge on any atom is 0.250 e. The van der Waals surface area contributed by atoms with Gasteiger partial charge in [0.2, 0.25) is 0 Å². The molecule has 0 fully saturated rings. The zero-order valence-electron chi connectivity index (χ0n) is 17.3. The van der Waals surface area contributed by atoms with Crippen molar-refractivity contribution in [1.82, 2.24) is 20.2 Å². The van der Waals surface area contributed by atoms with Crippen LogP contribution in [0.4, 0.5) is 4.39 Å². The van der Waals surface area contributed by atoms with Crippen molar-refractivity contribution in [2.45, 2.75) is 12.1 Å². The third kappa shape index (κ3) is 5.28. The molecule has 1 heterocycles. The SMILES string of the molecule is Cc1ccc(-n2c(SCC(=O)N/N=C/c3cccc(F)c3)nnc2-c2ccccc2)cc1. The van der Waals surface area contributed by atoms with Crippen LogP contribution in [-0.4, -0.2) is 32.6 Å². The zero-order chi connectivity index (χ0) is 22.3. The molecule has 0 bridgehead atoms. The lowest BCUT2D eigenvalue weighted by molar-refractivity contribution is -0.118. The van der Waals surface area contributed by atoms with Crippen LogP contribution in [0.15, 0.2) is 89.1 Å². The fourth-order valence-corrected chi connectivity index (χ4v) is 3.74. The van der Waals surface area contributed by atoms with Gasteiger partial charge in [0, 0.05) is 11.3 Å². The number of carbonyl (C=O) groups excluding carboxylic acids is 1. The van der Waals surface area contributed by atoms with Crippen LogP contribution in [0.1, 0.15) is 11.1 Å². The standard InChI is InChI=1S/C24H20FN5OS/c1-17-10-12-21(13-11-17)30-23(19-7-3-2-4-8-19)28-29-24(30)32-16-22(31)27-26-15-18-6-5-9-20(25)14-18/h2-15H,16H2,1H3,(H,27,31)/b26-15+. The van der Waals surface area contributed by atoms with Crippen molar-refractivity contribution >= 4 is 23.9 Å². The lowest BCUT2D eigenvalue weighted by atomic mass is 10.2. The van der Waals surface area contributed by atoms with Crippen molar-refractivity contribution in [1.29, 1.82) is 0 Å². The molecule has 3 aromatic carbocycles.